The molecular formula is C12H14N2O3. The maximum absolute atomic E-state index is 11.5. The van der Waals surface area contributed by atoms with Gasteiger partial charge >= 0.3 is 0 Å². The van der Waals surface area contributed by atoms with Crippen molar-refractivity contribution in [3.8, 4) is 11.5 Å². The summed E-state index contributed by atoms with van der Waals surface area (Å²) >= 11 is 0. The normalized spacial score (nSPS) is 18.8. The van der Waals surface area contributed by atoms with Gasteiger partial charge in [-0.3, -0.25) is 4.79 Å². The Balaban J connectivity index is 1.85. The van der Waals surface area contributed by atoms with E-state index >= 15 is 0 Å². The number of hydrogen-bond donors (Lipinski definition) is 1. The summed E-state index contributed by atoms with van der Waals surface area (Å²) in [4.78, 5) is 13.6. The minimum absolute atomic E-state index is 0.0696. The first-order valence-corrected chi connectivity index (χ1v) is 5.74. The summed E-state index contributed by atoms with van der Waals surface area (Å²) in [5, 5.41) is 2.86. The Morgan fingerprint density at radius 1 is 1.24 bits per heavy atom. The van der Waals surface area contributed by atoms with E-state index in [4.69, 9.17) is 9.47 Å². The number of nitrogens with one attached hydrogen (secondary N) is 1. The van der Waals surface area contributed by atoms with Crippen molar-refractivity contribution in [2.45, 2.75) is 6.42 Å². The summed E-state index contributed by atoms with van der Waals surface area (Å²) in [7, 11) is 0. The van der Waals surface area contributed by atoms with Crippen LogP contribution in [-0.4, -0.2) is 32.3 Å². The molecule has 0 saturated carbocycles. The van der Waals surface area contributed by atoms with Gasteiger partial charge in [0.25, 0.3) is 0 Å². The van der Waals surface area contributed by atoms with Gasteiger partial charge in [0.05, 0.1) is 6.54 Å². The Hall–Kier alpha value is -1.91. The third kappa shape index (κ3) is 2.00. The third-order valence-corrected chi connectivity index (χ3v) is 2.98. The number of ether oxygens (including phenoxy) is 2. The fourth-order valence-electron chi connectivity index (χ4n) is 2.11. The van der Waals surface area contributed by atoms with E-state index in [9.17, 15) is 4.79 Å². The van der Waals surface area contributed by atoms with E-state index in [1.807, 2.05) is 18.2 Å². The topological polar surface area (TPSA) is 50.8 Å². The Bertz CT molecular complexity index is 447. The van der Waals surface area contributed by atoms with Crippen LogP contribution >= 0.6 is 0 Å². The van der Waals surface area contributed by atoms with E-state index in [-0.39, 0.29) is 12.7 Å². The number of amides is 1. The van der Waals surface area contributed by atoms with Crippen molar-refractivity contribution < 1.29 is 14.3 Å². The summed E-state index contributed by atoms with van der Waals surface area (Å²) < 4.78 is 10.6. The minimum atomic E-state index is 0.0696. The second-order valence-electron chi connectivity index (χ2n) is 4.16. The van der Waals surface area contributed by atoms with Crippen molar-refractivity contribution in [2.24, 2.45) is 0 Å². The zero-order chi connectivity index (χ0) is 11.7. The maximum atomic E-state index is 11.5. The molecule has 0 aliphatic carbocycles. The predicted octanol–water partition coefficient (Wildman–Crippen LogP) is 0.742. The second-order valence-corrected chi connectivity index (χ2v) is 4.16. The Labute approximate surface area is 99.3 Å². The molecule has 0 radical (unpaired) electrons. The lowest BCUT2D eigenvalue weighted by Gasteiger charge is -2.21. The van der Waals surface area contributed by atoms with Crippen molar-refractivity contribution in [1.29, 1.82) is 0 Å². The van der Waals surface area contributed by atoms with Crippen LogP contribution in [0.4, 0.5) is 5.69 Å². The molecule has 1 N–H and O–H groups in total. The van der Waals surface area contributed by atoms with Crippen molar-refractivity contribution in [3.63, 3.8) is 0 Å². The first kappa shape index (κ1) is 10.3. The second kappa shape index (κ2) is 4.16. The van der Waals surface area contributed by atoms with E-state index in [0.717, 1.165) is 36.7 Å². The summed E-state index contributed by atoms with van der Waals surface area (Å²) in [5.41, 5.74) is 1.01. The third-order valence-electron chi connectivity index (χ3n) is 2.98. The van der Waals surface area contributed by atoms with E-state index in [1.54, 1.807) is 0 Å². The first-order chi connectivity index (χ1) is 8.33. The molecule has 2 heterocycles. The average Bonchev–Trinajstić information content (AvgIpc) is 2.69. The minimum Gasteiger partial charge on any atom is -0.454 e. The van der Waals surface area contributed by atoms with Gasteiger partial charge in [0.1, 0.15) is 0 Å². The van der Waals surface area contributed by atoms with E-state index in [2.05, 4.69) is 10.2 Å². The van der Waals surface area contributed by atoms with Crippen LogP contribution < -0.4 is 19.7 Å². The van der Waals surface area contributed by atoms with Crippen LogP contribution in [0.2, 0.25) is 0 Å². The van der Waals surface area contributed by atoms with Crippen LogP contribution in [0.25, 0.3) is 0 Å². The molecule has 5 nitrogen and oxygen atoms in total. The highest BCUT2D eigenvalue weighted by atomic mass is 16.7. The summed E-state index contributed by atoms with van der Waals surface area (Å²) in [6.45, 7) is 2.30. The van der Waals surface area contributed by atoms with Gasteiger partial charge in [0, 0.05) is 24.8 Å². The molecule has 17 heavy (non-hydrogen) atoms. The zero-order valence-electron chi connectivity index (χ0n) is 9.44. The van der Waals surface area contributed by atoms with E-state index in [0.29, 0.717) is 6.54 Å². The van der Waals surface area contributed by atoms with Gasteiger partial charge < -0.3 is 19.7 Å². The van der Waals surface area contributed by atoms with Crippen molar-refractivity contribution in [1.82, 2.24) is 5.32 Å². The number of rotatable bonds is 1. The molecular weight excluding hydrogens is 220 g/mol. The summed E-state index contributed by atoms with van der Waals surface area (Å²) in [6, 6.07) is 5.79. The molecule has 1 amide bonds. The summed E-state index contributed by atoms with van der Waals surface area (Å²) in [6.07, 6.45) is 0.959. The lowest BCUT2D eigenvalue weighted by Crippen LogP contribution is -2.32. The largest absolute Gasteiger partial charge is 0.454 e. The Kier molecular flexibility index (Phi) is 2.51. The van der Waals surface area contributed by atoms with Crippen LogP contribution in [0, 0.1) is 0 Å². The van der Waals surface area contributed by atoms with E-state index in [1.165, 1.54) is 0 Å². The van der Waals surface area contributed by atoms with Crippen LogP contribution in [-0.2, 0) is 4.79 Å². The molecule has 1 saturated heterocycles. The Morgan fingerprint density at radius 2 is 2.12 bits per heavy atom. The van der Waals surface area contributed by atoms with Crippen LogP contribution in [0.15, 0.2) is 18.2 Å². The molecule has 90 valence electrons. The van der Waals surface area contributed by atoms with E-state index < -0.39 is 0 Å². The number of hydrogen-bond acceptors (Lipinski definition) is 4. The highest BCUT2D eigenvalue weighted by molar-refractivity contribution is 5.82. The fraction of sp³-hybridized carbons (Fsp3) is 0.417. The molecule has 1 fully saturated rings. The molecule has 1 aromatic rings. The molecule has 5 heteroatoms. The number of benzene rings is 1. The molecule has 1 aromatic carbocycles. The molecule has 2 aliphatic rings. The number of carbonyl (C=O) groups is 1. The molecule has 0 bridgehead atoms. The van der Waals surface area contributed by atoms with Gasteiger partial charge in [-0.1, -0.05) is 0 Å². The smallest absolute Gasteiger partial charge is 0.239 e. The predicted molar refractivity (Wildman–Crippen MR) is 62.4 cm³/mol. The molecule has 0 spiro atoms. The standard InChI is InChI=1S/C12H14N2O3/c15-12-7-14(5-1-4-13-12)9-2-3-10-11(6-9)17-8-16-10/h2-3,6H,1,4-5,7-8H2,(H,13,15). The Morgan fingerprint density at radius 3 is 3.06 bits per heavy atom. The van der Waals surface area contributed by atoms with Crippen molar-refractivity contribution >= 4 is 11.6 Å². The van der Waals surface area contributed by atoms with Crippen molar-refractivity contribution in [3.05, 3.63) is 18.2 Å². The lowest BCUT2D eigenvalue weighted by molar-refractivity contribution is -0.119. The van der Waals surface area contributed by atoms with Gasteiger partial charge in [-0.25, -0.2) is 0 Å². The van der Waals surface area contributed by atoms with Gasteiger partial charge in [0.15, 0.2) is 11.5 Å². The van der Waals surface area contributed by atoms with Gasteiger partial charge in [-0.15, -0.1) is 0 Å². The highest BCUT2D eigenvalue weighted by Gasteiger charge is 2.19. The van der Waals surface area contributed by atoms with Crippen molar-refractivity contribution in [2.75, 3.05) is 31.3 Å². The highest BCUT2D eigenvalue weighted by Crippen LogP contribution is 2.35. The fourth-order valence-corrected chi connectivity index (χ4v) is 2.11. The number of nitrogens with zero attached hydrogens (tertiary/aromatic N) is 1. The molecule has 2 aliphatic heterocycles. The zero-order valence-corrected chi connectivity index (χ0v) is 9.44. The van der Waals surface area contributed by atoms with Crippen LogP contribution in [0.5, 0.6) is 11.5 Å². The van der Waals surface area contributed by atoms with Gasteiger partial charge in [-0.05, 0) is 18.6 Å². The number of carbonyl (C=O) groups excluding carboxylic acids is 1. The lowest BCUT2D eigenvalue weighted by atomic mass is 10.2. The molecule has 0 aromatic heterocycles. The number of anilines is 1. The number of fused-ring (bicyclic) bond motifs is 1. The SMILES string of the molecule is O=C1CN(c2ccc3c(c2)OCO3)CCCN1. The van der Waals surface area contributed by atoms with Crippen LogP contribution in [0.1, 0.15) is 6.42 Å². The maximum Gasteiger partial charge on any atom is 0.239 e. The summed E-state index contributed by atoms with van der Waals surface area (Å²) in [5.74, 6) is 1.60. The first-order valence-electron chi connectivity index (χ1n) is 5.74. The quantitative estimate of drug-likeness (QED) is 0.778. The monoisotopic (exact) mass is 234 g/mol. The van der Waals surface area contributed by atoms with Gasteiger partial charge in [-0.2, -0.15) is 0 Å². The van der Waals surface area contributed by atoms with Gasteiger partial charge in [0.2, 0.25) is 12.7 Å². The molecule has 0 unspecified atom stereocenters. The molecule has 3 rings (SSSR count). The molecule has 0 atom stereocenters. The average molecular weight is 234 g/mol. The van der Waals surface area contributed by atoms with Crippen LogP contribution in [0.3, 0.4) is 0 Å².